The predicted octanol–water partition coefficient (Wildman–Crippen LogP) is 4.38. The number of amides is 1. The second-order valence-corrected chi connectivity index (χ2v) is 7.26. The Morgan fingerprint density at radius 1 is 1.04 bits per heavy atom. The third-order valence-corrected chi connectivity index (χ3v) is 5.21. The highest BCUT2D eigenvalue weighted by Crippen LogP contribution is 2.22. The van der Waals surface area contributed by atoms with E-state index in [4.69, 9.17) is 0 Å². The summed E-state index contributed by atoms with van der Waals surface area (Å²) in [7, 11) is 0. The molecule has 1 N–H and O–H groups in total. The summed E-state index contributed by atoms with van der Waals surface area (Å²) < 4.78 is 1.99. The SMILES string of the molecule is CSc1nnc(CNC(=O)c2cccc3ccccc23)n1-c1cccc(C)c1. The molecule has 0 atom stereocenters. The van der Waals surface area contributed by atoms with Gasteiger partial charge in [-0.3, -0.25) is 9.36 Å². The molecular weight excluding hydrogens is 368 g/mol. The van der Waals surface area contributed by atoms with Crippen molar-refractivity contribution in [2.75, 3.05) is 6.26 Å². The lowest BCUT2D eigenvalue weighted by Gasteiger charge is -2.11. The van der Waals surface area contributed by atoms with Crippen LogP contribution in [-0.2, 0) is 6.54 Å². The van der Waals surface area contributed by atoms with Crippen LogP contribution < -0.4 is 5.32 Å². The van der Waals surface area contributed by atoms with Gasteiger partial charge in [-0.1, -0.05) is 60.3 Å². The molecule has 3 aromatic carbocycles. The van der Waals surface area contributed by atoms with Gasteiger partial charge in [0.2, 0.25) is 0 Å². The fourth-order valence-electron chi connectivity index (χ4n) is 3.25. The Labute approximate surface area is 167 Å². The molecule has 0 radical (unpaired) electrons. The van der Waals surface area contributed by atoms with E-state index < -0.39 is 0 Å². The number of carbonyl (C=O) groups excluding carboxylic acids is 1. The number of aromatic nitrogens is 3. The standard InChI is InChI=1S/C22H20N4OS/c1-15-7-5-10-17(13-15)26-20(24-25-22(26)28-2)14-23-21(27)19-12-6-9-16-8-3-4-11-18(16)19/h3-13H,14H2,1-2H3,(H,23,27). The van der Waals surface area contributed by atoms with E-state index >= 15 is 0 Å². The van der Waals surface area contributed by atoms with Crippen LogP contribution in [0.3, 0.4) is 0 Å². The van der Waals surface area contributed by atoms with Gasteiger partial charge in [0, 0.05) is 11.3 Å². The summed E-state index contributed by atoms with van der Waals surface area (Å²) in [6.45, 7) is 2.35. The van der Waals surface area contributed by atoms with Crippen molar-refractivity contribution < 1.29 is 4.79 Å². The molecule has 0 bridgehead atoms. The second-order valence-electron chi connectivity index (χ2n) is 6.49. The molecule has 0 saturated heterocycles. The van der Waals surface area contributed by atoms with Crippen LogP contribution in [0, 0.1) is 6.92 Å². The van der Waals surface area contributed by atoms with Crippen LogP contribution in [0.25, 0.3) is 16.5 Å². The monoisotopic (exact) mass is 388 g/mol. The lowest BCUT2D eigenvalue weighted by Crippen LogP contribution is -2.25. The molecule has 0 aliphatic carbocycles. The number of fused-ring (bicyclic) bond motifs is 1. The summed E-state index contributed by atoms with van der Waals surface area (Å²) >= 11 is 1.53. The number of hydrogen-bond donors (Lipinski definition) is 1. The number of nitrogens with one attached hydrogen (secondary N) is 1. The first kappa shape index (κ1) is 18.3. The van der Waals surface area contributed by atoms with E-state index in [-0.39, 0.29) is 5.91 Å². The first-order valence-electron chi connectivity index (χ1n) is 8.98. The van der Waals surface area contributed by atoms with E-state index in [1.807, 2.05) is 65.4 Å². The first-order valence-corrected chi connectivity index (χ1v) is 10.2. The van der Waals surface area contributed by atoms with Crippen LogP contribution in [0.2, 0.25) is 0 Å². The lowest BCUT2D eigenvalue weighted by atomic mass is 10.0. The van der Waals surface area contributed by atoms with Gasteiger partial charge in [-0.05, 0) is 47.7 Å². The molecule has 6 heteroatoms. The Morgan fingerprint density at radius 2 is 1.82 bits per heavy atom. The van der Waals surface area contributed by atoms with Crippen molar-refractivity contribution in [2.45, 2.75) is 18.6 Å². The van der Waals surface area contributed by atoms with Crippen molar-refractivity contribution in [1.29, 1.82) is 0 Å². The topological polar surface area (TPSA) is 59.8 Å². The Kier molecular flexibility index (Phi) is 5.12. The summed E-state index contributed by atoms with van der Waals surface area (Å²) in [5.41, 5.74) is 2.80. The molecule has 4 rings (SSSR count). The Morgan fingerprint density at radius 3 is 2.64 bits per heavy atom. The van der Waals surface area contributed by atoms with Gasteiger partial charge < -0.3 is 5.32 Å². The Balaban J connectivity index is 1.62. The first-order chi connectivity index (χ1) is 13.7. The summed E-state index contributed by atoms with van der Waals surface area (Å²) in [4.78, 5) is 12.8. The Bertz CT molecular complexity index is 1150. The van der Waals surface area contributed by atoms with Crippen molar-refractivity contribution in [3.63, 3.8) is 0 Å². The normalized spacial score (nSPS) is 10.9. The largest absolute Gasteiger partial charge is 0.345 e. The number of aryl methyl sites for hydroxylation is 1. The van der Waals surface area contributed by atoms with E-state index in [9.17, 15) is 4.79 Å². The smallest absolute Gasteiger partial charge is 0.252 e. The molecule has 0 spiro atoms. The fourth-order valence-corrected chi connectivity index (χ4v) is 3.77. The maximum atomic E-state index is 12.8. The molecule has 28 heavy (non-hydrogen) atoms. The van der Waals surface area contributed by atoms with E-state index in [0.29, 0.717) is 17.9 Å². The molecule has 0 aliphatic rings. The van der Waals surface area contributed by atoms with Crippen LogP contribution in [0.5, 0.6) is 0 Å². The van der Waals surface area contributed by atoms with E-state index in [2.05, 4.69) is 34.6 Å². The zero-order chi connectivity index (χ0) is 19.5. The van der Waals surface area contributed by atoms with Crippen LogP contribution >= 0.6 is 11.8 Å². The molecule has 1 aromatic heterocycles. The van der Waals surface area contributed by atoms with E-state index in [1.165, 1.54) is 11.8 Å². The minimum atomic E-state index is -0.124. The van der Waals surface area contributed by atoms with Crippen molar-refractivity contribution >= 4 is 28.4 Å². The van der Waals surface area contributed by atoms with Crippen LogP contribution in [-0.4, -0.2) is 26.9 Å². The third-order valence-electron chi connectivity index (χ3n) is 4.58. The summed E-state index contributed by atoms with van der Waals surface area (Å²) in [5.74, 6) is 0.574. The maximum absolute atomic E-state index is 12.8. The van der Waals surface area contributed by atoms with Crippen molar-refractivity contribution in [2.24, 2.45) is 0 Å². The Hall–Kier alpha value is -3.12. The summed E-state index contributed by atoms with van der Waals surface area (Å²) in [5, 5.41) is 14.3. The van der Waals surface area contributed by atoms with Gasteiger partial charge in [-0.25, -0.2) is 0 Å². The fraction of sp³-hybridized carbons (Fsp3) is 0.136. The number of nitrogens with zero attached hydrogens (tertiary/aromatic N) is 3. The molecular formula is C22H20N4OS. The number of benzene rings is 3. The lowest BCUT2D eigenvalue weighted by molar-refractivity contribution is 0.0951. The maximum Gasteiger partial charge on any atom is 0.252 e. The quantitative estimate of drug-likeness (QED) is 0.516. The highest BCUT2D eigenvalue weighted by atomic mass is 32.2. The molecule has 4 aromatic rings. The average molecular weight is 388 g/mol. The van der Waals surface area contributed by atoms with Gasteiger partial charge in [-0.15, -0.1) is 10.2 Å². The average Bonchev–Trinajstić information content (AvgIpc) is 3.14. The minimum Gasteiger partial charge on any atom is -0.345 e. The number of thioether (sulfide) groups is 1. The molecule has 0 fully saturated rings. The third kappa shape index (κ3) is 3.51. The molecule has 5 nitrogen and oxygen atoms in total. The molecule has 0 unspecified atom stereocenters. The van der Waals surface area contributed by atoms with Gasteiger partial charge in [0.1, 0.15) is 0 Å². The molecule has 0 aliphatic heterocycles. The van der Waals surface area contributed by atoms with Crippen molar-refractivity contribution in [3.8, 4) is 5.69 Å². The van der Waals surface area contributed by atoms with E-state index in [1.54, 1.807) is 0 Å². The summed E-state index contributed by atoms with van der Waals surface area (Å²) in [6, 6.07) is 21.8. The van der Waals surface area contributed by atoms with Gasteiger partial charge in [0.05, 0.1) is 6.54 Å². The van der Waals surface area contributed by atoms with Gasteiger partial charge in [-0.2, -0.15) is 0 Å². The highest BCUT2D eigenvalue weighted by Gasteiger charge is 2.15. The highest BCUT2D eigenvalue weighted by molar-refractivity contribution is 7.98. The molecule has 1 amide bonds. The van der Waals surface area contributed by atoms with Gasteiger partial charge in [0.25, 0.3) is 5.91 Å². The van der Waals surface area contributed by atoms with Gasteiger partial charge in [0.15, 0.2) is 11.0 Å². The summed E-state index contributed by atoms with van der Waals surface area (Å²) in [6.07, 6.45) is 1.97. The molecule has 140 valence electrons. The van der Waals surface area contributed by atoms with Crippen molar-refractivity contribution in [3.05, 3.63) is 83.7 Å². The van der Waals surface area contributed by atoms with Crippen LogP contribution in [0.15, 0.2) is 71.9 Å². The molecule has 1 heterocycles. The number of carbonyl (C=O) groups is 1. The number of hydrogen-bond acceptors (Lipinski definition) is 4. The minimum absolute atomic E-state index is 0.124. The zero-order valence-corrected chi connectivity index (χ0v) is 16.5. The van der Waals surface area contributed by atoms with Crippen LogP contribution in [0.4, 0.5) is 0 Å². The van der Waals surface area contributed by atoms with Gasteiger partial charge >= 0.3 is 0 Å². The van der Waals surface area contributed by atoms with Crippen LogP contribution in [0.1, 0.15) is 21.7 Å². The zero-order valence-electron chi connectivity index (χ0n) is 15.7. The number of rotatable bonds is 5. The van der Waals surface area contributed by atoms with Crippen molar-refractivity contribution in [1.82, 2.24) is 20.1 Å². The molecule has 0 saturated carbocycles. The second kappa shape index (κ2) is 7.86. The predicted molar refractivity (Wildman–Crippen MR) is 113 cm³/mol. The van der Waals surface area contributed by atoms with E-state index in [0.717, 1.165) is 27.2 Å².